The maximum absolute atomic E-state index is 13.5. The Kier molecular flexibility index (Phi) is 2.32. The van der Waals surface area contributed by atoms with Gasteiger partial charge in [0.05, 0.1) is 0 Å². The van der Waals surface area contributed by atoms with Crippen molar-refractivity contribution in [1.82, 2.24) is 4.98 Å². The lowest BCUT2D eigenvalue weighted by Gasteiger charge is -2.14. The van der Waals surface area contributed by atoms with Gasteiger partial charge in [-0.1, -0.05) is 0 Å². The van der Waals surface area contributed by atoms with E-state index in [-0.39, 0.29) is 5.56 Å². The zero-order valence-electron chi connectivity index (χ0n) is 7.41. The normalized spacial score (nSPS) is 15.0. The number of aliphatic carboxylic acids is 1. The van der Waals surface area contributed by atoms with Crippen LogP contribution >= 0.6 is 0 Å². The van der Waals surface area contributed by atoms with Crippen LogP contribution in [-0.2, 0) is 10.5 Å². The van der Waals surface area contributed by atoms with Crippen LogP contribution in [0, 0.1) is 6.92 Å². The summed E-state index contributed by atoms with van der Waals surface area (Å²) in [5.74, 6) is -1.50. The molecule has 1 aromatic heterocycles. The predicted octanol–water partition coefficient (Wildman–Crippen LogP) is 1.66. The average Bonchev–Trinajstić information content (AvgIpc) is 2.04. The molecular formula is C9H10FNO2. The predicted molar refractivity (Wildman–Crippen MR) is 45.1 cm³/mol. The van der Waals surface area contributed by atoms with E-state index in [9.17, 15) is 9.18 Å². The van der Waals surface area contributed by atoms with Crippen LogP contribution < -0.4 is 0 Å². The maximum atomic E-state index is 13.5. The highest BCUT2D eigenvalue weighted by Gasteiger charge is 2.35. The quantitative estimate of drug-likeness (QED) is 0.758. The molecule has 0 saturated heterocycles. The Labute approximate surface area is 75.2 Å². The highest BCUT2D eigenvalue weighted by Crippen LogP contribution is 2.25. The third-order valence-electron chi connectivity index (χ3n) is 1.82. The molecule has 1 rings (SSSR count). The lowest BCUT2D eigenvalue weighted by Crippen LogP contribution is -2.27. The van der Waals surface area contributed by atoms with Crippen molar-refractivity contribution < 1.29 is 14.3 Å². The molecule has 0 saturated carbocycles. The fourth-order valence-electron chi connectivity index (χ4n) is 0.935. The first kappa shape index (κ1) is 9.64. The standard InChI is InChI=1S/C9H10FNO2/c1-6-3-7(5-11-4-6)9(2,10)8(12)13/h3-5H,1-2H3,(H,12,13). The summed E-state index contributed by atoms with van der Waals surface area (Å²) in [4.78, 5) is 14.3. The summed E-state index contributed by atoms with van der Waals surface area (Å²) in [5, 5.41) is 8.58. The van der Waals surface area contributed by atoms with Crippen LogP contribution in [0.1, 0.15) is 18.1 Å². The molecule has 0 aliphatic heterocycles. The number of aromatic nitrogens is 1. The van der Waals surface area contributed by atoms with Crippen molar-refractivity contribution in [2.45, 2.75) is 19.5 Å². The van der Waals surface area contributed by atoms with Gasteiger partial charge in [-0.3, -0.25) is 4.98 Å². The fraction of sp³-hybridized carbons (Fsp3) is 0.333. The summed E-state index contributed by atoms with van der Waals surface area (Å²) in [6, 6.07) is 1.47. The molecule has 1 N–H and O–H groups in total. The van der Waals surface area contributed by atoms with Crippen LogP contribution in [0.15, 0.2) is 18.5 Å². The van der Waals surface area contributed by atoms with Gasteiger partial charge in [0, 0.05) is 18.0 Å². The Hall–Kier alpha value is -1.45. The summed E-state index contributed by atoms with van der Waals surface area (Å²) in [6.07, 6.45) is 2.77. The summed E-state index contributed by atoms with van der Waals surface area (Å²) in [6.45, 7) is 2.74. The molecule has 0 aliphatic carbocycles. The maximum Gasteiger partial charge on any atom is 0.345 e. The Morgan fingerprint density at radius 1 is 1.62 bits per heavy atom. The average molecular weight is 183 g/mol. The molecule has 0 bridgehead atoms. The molecule has 0 aliphatic rings. The van der Waals surface area contributed by atoms with Gasteiger partial charge in [0.1, 0.15) is 0 Å². The molecule has 1 aromatic rings. The van der Waals surface area contributed by atoms with E-state index in [2.05, 4.69) is 4.98 Å². The summed E-state index contributed by atoms with van der Waals surface area (Å²) >= 11 is 0. The molecule has 1 heterocycles. The van der Waals surface area contributed by atoms with E-state index in [4.69, 9.17) is 5.11 Å². The van der Waals surface area contributed by atoms with Crippen LogP contribution in [-0.4, -0.2) is 16.1 Å². The molecule has 0 spiro atoms. The first-order chi connectivity index (χ1) is 5.94. The van der Waals surface area contributed by atoms with Gasteiger partial charge in [-0.2, -0.15) is 0 Å². The highest BCUT2D eigenvalue weighted by atomic mass is 19.1. The lowest BCUT2D eigenvalue weighted by atomic mass is 9.99. The minimum Gasteiger partial charge on any atom is -0.479 e. The van der Waals surface area contributed by atoms with Crippen LogP contribution in [0.3, 0.4) is 0 Å². The molecule has 70 valence electrons. The third kappa shape index (κ3) is 1.83. The molecule has 0 fully saturated rings. The number of aryl methyl sites for hydroxylation is 1. The number of carboxylic acids is 1. The van der Waals surface area contributed by atoms with Gasteiger partial charge in [-0.05, 0) is 25.5 Å². The van der Waals surface area contributed by atoms with Gasteiger partial charge in [0.2, 0.25) is 5.67 Å². The smallest absolute Gasteiger partial charge is 0.345 e. The molecule has 0 aromatic carbocycles. The Morgan fingerprint density at radius 3 is 2.69 bits per heavy atom. The van der Waals surface area contributed by atoms with Gasteiger partial charge in [0.25, 0.3) is 0 Å². The van der Waals surface area contributed by atoms with Gasteiger partial charge < -0.3 is 5.11 Å². The van der Waals surface area contributed by atoms with E-state index in [1.807, 2.05) is 0 Å². The molecule has 0 amide bonds. The van der Waals surface area contributed by atoms with E-state index in [0.29, 0.717) is 0 Å². The van der Waals surface area contributed by atoms with E-state index in [1.165, 1.54) is 12.3 Å². The van der Waals surface area contributed by atoms with E-state index < -0.39 is 11.6 Å². The number of rotatable bonds is 2. The Balaban J connectivity index is 3.14. The number of alkyl halides is 1. The number of hydrogen-bond acceptors (Lipinski definition) is 2. The highest BCUT2D eigenvalue weighted by molar-refractivity contribution is 5.78. The summed E-state index contributed by atoms with van der Waals surface area (Å²) < 4.78 is 13.5. The summed E-state index contributed by atoms with van der Waals surface area (Å²) in [5.41, 5.74) is -1.55. The van der Waals surface area contributed by atoms with Crippen LogP contribution in [0.4, 0.5) is 4.39 Å². The molecule has 1 atom stereocenters. The lowest BCUT2D eigenvalue weighted by molar-refractivity contribution is -0.150. The van der Waals surface area contributed by atoms with E-state index >= 15 is 0 Å². The van der Waals surface area contributed by atoms with Crippen LogP contribution in [0.5, 0.6) is 0 Å². The van der Waals surface area contributed by atoms with Gasteiger partial charge in [-0.15, -0.1) is 0 Å². The number of nitrogens with zero attached hydrogens (tertiary/aromatic N) is 1. The fourth-order valence-corrected chi connectivity index (χ4v) is 0.935. The van der Waals surface area contributed by atoms with Crippen LogP contribution in [0.2, 0.25) is 0 Å². The largest absolute Gasteiger partial charge is 0.479 e. The number of halogens is 1. The molecule has 0 radical (unpaired) electrons. The zero-order chi connectivity index (χ0) is 10.1. The second-order valence-corrected chi connectivity index (χ2v) is 3.06. The van der Waals surface area contributed by atoms with Crippen molar-refractivity contribution in [2.75, 3.05) is 0 Å². The Bertz CT molecular complexity index is 336. The first-order valence-corrected chi connectivity index (χ1v) is 3.79. The summed E-state index contributed by atoms with van der Waals surface area (Å²) in [7, 11) is 0. The van der Waals surface area contributed by atoms with Crippen molar-refractivity contribution in [1.29, 1.82) is 0 Å². The van der Waals surface area contributed by atoms with Crippen molar-refractivity contribution in [3.8, 4) is 0 Å². The first-order valence-electron chi connectivity index (χ1n) is 3.79. The van der Waals surface area contributed by atoms with E-state index in [0.717, 1.165) is 12.5 Å². The molecular weight excluding hydrogens is 173 g/mol. The van der Waals surface area contributed by atoms with Crippen molar-refractivity contribution in [3.63, 3.8) is 0 Å². The SMILES string of the molecule is Cc1cncc(C(C)(F)C(=O)O)c1. The zero-order valence-corrected chi connectivity index (χ0v) is 7.41. The molecule has 3 nitrogen and oxygen atoms in total. The Morgan fingerprint density at radius 2 is 2.23 bits per heavy atom. The van der Waals surface area contributed by atoms with Gasteiger partial charge in [-0.25, -0.2) is 9.18 Å². The number of carboxylic acid groups (broad SMARTS) is 1. The third-order valence-corrected chi connectivity index (χ3v) is 1.82. The second-order valence-electron chi connectivity index (χ2n) is 3.06. The van der Waals surface area contributed by atoms with Crippen molar-refractivity contribution in [3.05, 3.63) is 29.6 Å². The van der Waals surface area contributed by atoms with Crippen molar-refractivity contribution in [2.24, 2.45) is 0 Å². The topological polar surface area (TPSA) is 50.2 Å². The molecule has 1 unspecified atom stereocenters. The monoisotopic (exact) mass is 183 g/mol. The van der Waals surface area contributed by atoms with Gasteiger partial charge in [0.15, 0.2) is 0 Å². The number of pyridine rings is 1. The number of hydrogen-bond donors (Lipinski definition) is 1. The molecule has 4 heteroatoms. The van der Waals surface area contributed by atoms with Crippen molar-refractivity contribution >= 4 is 5.97 Å². The second kappa shape index (κ2) is 3.12. The van der Waals surface area contributed by atoms with Gasteiger partial charge >= 0.3 is 5.97 Å². The minimum absolute atomic E-state index is 0.0694. The minimum atomic E-state index is -2.36. The molecule has 13 heavy (non-hydrogen) atoms. The number of carbonyl (C=O) groups is 1. The van der Waals surface area contributed by atoms with Crippen LogP contribution in [0.25, 0.3) is 0 Å². The van der Waals surface area contributed by atoms with E-state index in [1.54, 1.807) is 13.1 Å².